The third-order valence-corrected chi connectivity index (χ3v) is 1.92. The van der Waals surface area contributed by atoms with Gasteiger partial charge in [-0.3, -0.25) is 9.59 Å². The highest BCUT2D eigenvalue weighted by atomic mass is 16.5. The van der Waals surface area contributed by atoms with Gasteiger partial charge in [-0.05, 0) is 6.42 Å². The van der Waals surface area contributed by atoms with Crippen molar-refractivity contribution >= 4 is 12.4 Å². The summed E-state index contributed by atoms with van der Waals surface area (Å²) in [6.07, 6.45) is 4.06. The Morgan fingerprint density at radius 2 is 2.17 bits per heavy atom. The summed E-state index contributed by atoms with van der Waals surface area (Å²) in [5.41, 5.74) is 0. The quantitative estimate of drug-likeness (QED) is 0.497. The van der Waals surface area contributed by atoms with Crippen molar-refractivity contribution in [1.82, 2.24) is 0 Å². The minimum atomic E-state index is -0.911. The van der Waals surface area contributed by atoms with Gasteiger partial charge in [0.1, 0.15) is 6.10 Å². The number of hydrogen-bond acceptors (Lipinski definition) is 3. The normalized spacial score (nSPS) is 28.0. The van der Waals surface area contributed by atoms with E-state index in [9.17, 15) is 9.59 Å². The van der Waals surface area contributed by atoms with Crippen LogP contribution in [0.4, 0.5) is 0 Å². The molecule has 1 rings (SSSR count). The molecule has 0 saturated carbocycles. The lowest BCUT2D eigenvalue weighted by atomic mass is 9.91. The zero-order chi connectivity index (χ0) is 8.97. The zero-order valence-electron chi connectivity index (χ0n) is 6.47. The van der Waals surface area contributed by atoms with E-state index in [4.69, 9.17) is 5.11 Å². The zero-order valence-corrected chi connectivity index (χ0v) is 6.47. The molecule has 0 fully saturated rings. The molecular weight excluding hydrogens is 160 g/mol. The molecule has 2 atom stereocenters. The molecule has 0 aliphatic heterocycles. The van der Waals surface area contributed by atoms with E-state index in [-0.39, 0.29) is 0 Å². The summed E-state index contributed by atoms with van der Waals surface area (Å²) in [6, 6.07) is 0. The second kappa shape index (κ2) is 3.90. The molecule has 0 spiro atoms. The molecule has 4 nitrogen and oxygen atoms in total. The molecule has 0 heterocycles. The number of hydrogen-bond donors (Lipinski definition) is 1. The average Bonchev–Trinajstić information content (AvgIpc) is 2.05. The van der Waals surface area contributed by atoms with Gasteiger partial charge in [-0.2, -0.15) is 0 Å². The first-order valence-electron chi connectivity index (χ1n) is 3.72. The van der Waals surface area contributed by atoms with Gasteiger partial charge < -0.3 is 9.84 Å². The fourth-order valence-electron chi connectivity index (χ4n) is 1.27. The minimum absolute atomic E-state index is 0.305. The number of allylic oxidation sites excluding steroid dienone is 1. The minimum Gasteiger partial charge on any atom is -0.481 e. The molecule has 1 aliphatic rings. The van der Waals surface area contributed by atoms with Crippen molar-refractivity contribution < 1.29 is 19.4 Å². The molecule has 0 amide bonds. The molecule has 0 saturated heterocycles. The number of carbonyl (C=O) groups excluding carboxylic acids is 1. The average molecular weight is 170 g/mol. The molecule has 2 unspecified atom stereocenters. The second-order valence-corrected chi connectivity index (χ2v) is 2.66. The summed E-state index contributed by atoms with van der Waals surface area (Å²) in [5.74, 6) is -1.49. The van der Waals surface area contributed by atoms with Crippen molar-refractivity contribution in [2.75, 3.05) is 0 Å². The van der Waals surface area contributed by atoms with E-state index in [2.05, 4.69) is 4.74 Å². The summed E-state index contributed by atoms with van der Waals surface area (Å²) in [4.78, 5) is 20.6. The third kappa shape index (κ3) is 1.84. The highest BCUT2D eigenvalue weighted by molar-refractivity contribution is 5.71. The molecule has 0 bridgehead atoms. The van der Waals surface area contributed by atoms with Crippen LogP contribution in [0.3, 0.4) is 0 Å². The van der Waals surface area contributed by atoms with Crippen LogP contribution >= 0.6 is 0 Å². The number of carbonyl (C=O) groups is 2. The molecule has 66 valence electrons. The smallest absolute Gasteiger partial charge is 0.310 e. The predicted molar refractivity (Wildman–Crippen MR) is 40.4 cm³/mol. The van der Waals surface area contributed by atoms with Gasteiger partial charge in [-0.15, -0.1) is 0 Å². The van der Waals surface area contributed by atoms with Gasteiger partial charge in [0.25, 0.3) is 6.47 Å². The molecule has 4 heteroatoms. The maximum absolute atomic E-state index is 10.6. The highest BCUT2D eigenvalue weighted by Crippen LogP contribution is 2.21. The molecule has 0 aromatic carbocycles. The van der Waals surface area contributed by atoms with Crippen LogP contribution in [0.15, 0.2) is 12.2 Å². The van der Waals surface area contributed by atoms with Gasteiger partial charge in [-0.25, -0.2) is 0 Å². The predicted octanol–water partition coefficient (Wildman–Crippen LogP) is 0.579. The molecule has 0 aromatic rings. The fraction of sp³-hybridized carbons (Fsp3) is 0.500. The van der Waals surface area contributed by atoms with Crippen LogP contribution in [0.5, 0.6) is 0 Å². The van der Waals surface area contributed by atoms with Crippen LogP contribution in [0.1, 0.15) is 12.8 Å². The Balaban J connectivity index is 2.62. The van der Waals surface area contributed by atoms with Crippen LogP contribution in [-0.2, 0) is 14.3 Å². The Bertz CT molecular complexity index is 209. The maximum Gasteiger partial charge on any atom is 0.310 e. The van der Waals surface area contributed by atoms with E-state index >= 15 is 0 Å². The monoisotopic (exact) mass is 170 g/mol. The molecule has 1 aliphatic carbocycles. The molecule has 0 aromatic heterocycles. The lowest BCUT2D eigenvalue weighted by Gasteiger charge is -2.22. The van der Waals surface area contributed by atoms with E-state index in [0.29, 0.717) is 19.3 Å². The van der Waals surface area contributed by atoms with Crippen molar-refractivity contribution in [2.24, 2.45) is 5.92 Å². The van der Waals surface area contributed by atoms with Crippen LogP contribution in [-0.4, -0.2) is 23.7 Å². The number of ether oxygens (including phenoxy) is 1. The first-order valence-corrected chi connectivity index (χ1v) is 3.72. The van der Waals surface area contributed by atoms with Crippen molar-refractivity contribution in [3.63, 3.8) is 0 Å². The van der Waals surface area contributed by atoms with Crippen LogP contribution in [0.25, 0.3) is 0 Å². The van der Waals surface area contributed by atoms with Gasteiger partial charge in [0.15, 0.2) is 0 Å². The summed E-state index contributed by atoms with van der Waals surface area (Å²) < 4.78 is 4.64. The van der Waals surface area contributed by atoms with E-state index in [0.717, 1.165) is 0 Å². The van der Waals surface area contributed by atoms with Crippen molar-refractivity contribution in [3.8, 4) is 0 Å². The lowest BCUT2D eigenvalue weighted by Crippen LogP contribution is -2.31. The van der Waals surface area contributed by atoms with Crippen molar-refractivity contribution in [2.45, 2.75) is 18.9 Å². The molecule has 1 N–H and O–H groups in total. The molecule has 12 heavy (non-hydrogen) atoms. The summed E-state index contributed by atoms with van der Waals surface area (Å²) >= 11 is 0. The topological polar surface area (TPSA) is 63.6 Å². The van der Waals surface area contributed by atoms with Gasteiger partial charge in [0, 0.05) is 6.42 Å². The molecular formula is C8H10O4. The Morgan fingerprint density at radius 3 is 2.75 bits per heavy atom. The first-order chi connectivity index (χ1) is 5.75. The SMILES string of the molecule is O=COC1CC=CCC1C(=O)O. The summed E-state index contributed by atoms with van der Waals surface area (Å²) in [5, 5.41) is 8.71. The van der Waals surface area contributed by atoms with Crippen molar-refractivity contribution in [1.29, 1.82) is 0 Å². The lowest BCUT2D eigenvalue weighted by molar-refractivity contribution is -0.151. The summed E-state index contributed by atoms with van der Waals surface area (Å²) in [7, 11) is 0. The van der Waals surface area contributed by atoms with Gasteiger partial charge >= 0.3 is 5.97 Å². The van der Waals surface area contributed by atoms with E-state index in [1.54, 1.807) is 6.08 Å². The van der Waals surface area contributed by atoms with Gasteiger partial charge in [0.05, 0.1) is 5.92 Å². The van der Waals surface area contributed by atoms with Gasteiger partial charge in [0.2, 0.25) is 0 Å². The largest absolute Gasteiger partial charge is 0.481 e. The standard InChI is InChI=1S/C8H10O4/c9-5-12-7-4-2-1-3-6(7)8(10)11/h1-2,5-7H,3-4H2,(H,10,11). The number of aliphatic carboxylic acids is 1. The fourth-order valence-corrected chi connectivity index (χ4v) is 1.27. The van der Waals surface area contributed by atoms with Crippen LogP contribution in [0, 0.1) is 5.92 Å². The second-order valence-electron chi connectivity index (χ2n) is 2.66. The maximum atomic E-state index is 10.6. The van der Waals surface area contributed by atoms with Gasteiger partial charge in [-0.1, -0.05) is 12.2 Å². The van der Waals surface area contributed by atoms with E-state index in [1.165, 1.54) is 0 Å². The first kappa shape index (κ1) is 8.77. The Hall–Kier alpha value is -1.32. The molecule has 0 radical (unpaired) electrons. The van der Waals surface area contributed by atoms with Crippen molar-refractivity contribution in [3.05, 3.63) is 12.2 Å². The van der Waals surface area contributed by atoms with E-state index in [1.807, 2.05) is 6.08 Å². The number of rotatable bonds is 3. The van der Waals surface area contributed by atoms with E-state index < -0.39 is 18.0 Å². The van der Waals surface area contributed by atoms with Crippen LogP contribution in [0.2, 0.25) is 0 Å². The number of carboxylic acid groups (broad SMARTS) is 1. The third-order valence-electron chi connectivity index (χ3n) is 1.92. The van der Waals surface area contributed by atoms with Crippen LogP contribution < -0.4 is 0 Å². The Kier molecular flexibility index (Phi) is 2.85. The Labute approximate surface area is 69.8 Å². The highest BCUT2D eigenvalue weighted by Gasteiger charge is 2.29. The Morgan fingerprint density at radius 1 is 1.50 bits per heavy atom. The number of carboxylic acids is 1. The summed E-state index contributed by atoms with van der Waals surface area (Å²) in [6.45, 7) is 0.305.